The molecule has 1 N–H and O–H groups in total. The molecular weight excluding hydrogens is 292 g/mol. The van der Waals surface area contributed by atoms with Crippen LogP contribution in [-0.4, -0.2) is 26.0 Å². The van der Waals surface area contributed by atoms with Gasteiger partial charge in [0.05, 0.1) is 14.2 Å². The Morgan fingerprint density at radius 2 is 1.74 bits per heavy atom. The number of ether oxygens (including phenoxy) is 2. The van der Waals surface area contributed by atoms with Crippen LogP contribution < -0.4 is 14.8 Å². The Kier molecular flexibility index (Phi) is 4.10. The predicted molar refractivity (Wildman–Crippen MR) is 88.6 cm³/mol. The Morgan fingerprint density at radius 1 is 1.00 bits per heavy atom. The number of hydrogen-bond donors (Lipinski definition) is 1. The Balaban J connectivity index is 1.93. The second kappa shape index (κ2) is 6.36. The number of rotatable bonds is 4. The first-order chi connectivity index (χ1) is 11.2. The minimum Gasteiger partial charge on any atom is -0.493 e. The lowest BCUT2D eigenvalue weighted by Gasteiger charge is -2.07. The molecule has 5 nitrogen and oxygen atoms in total. The molecule has 0 aromatic heterocycles. The third kappa shape index (κ3) is 3.08. The maximum absolute atomic E-state index is 12.1. The van der Waals surface area contributed by atoms with Gasteiger partial charge in [-0.2, -0.15) is 0 Å². The van der Waals surface area contributed by atoms with Crippen LogP contribution in [0.15, 0.2) is 59.2 Å². The van der Waals surface area contributed by atoms with Gasteiger partial charge in [-0.1, -0.05) is 36.4 Å². The van der Waals surface area contributed by atoms with E-state index in [1.807, 2.05) is 36.4 Å². The Bertz CT molecular complexity index is 795. The van der Waals surface area contributed by atoms with E-state index in [2.05, 4.69) is 10.3 Å². The van der Waals surface area contributed by atoms with Crippen LogP contribution in [0, 0.1) is 0 Å². The van der Waals surface area contributed by atoms with Crippen LogP contribution in [-0.2, 0) is 4.79 Å². The van der Waals surface area contributed by atoms with Gasteiger partial charge in [-0.15, -0.1) is 0 Å². The number of nitrogens with zero attached hydrogens (tertiary/aromatic N) is 1. The summed E-state index contributed by atoms with van der Waals surface area (Å²) < 4.78 is 10.5. The first kappa shape index (κ1) is 14.8. The summed E-state index contributed by atoms with van der Waals surface area (Å²) in [6.45, 7) is 0. The van der Waals surface area contributed by atoms with Crippen LogP contribution in [0.2, 0.25) is 0 Å². The Labute approximate surface area is 134 Å². The van der Waals surface area contributed by atoms with Gasteiger partial charge in [0.2, 0.25) is 0 Å². The second-order valence-corrected chi connectivity index (χ2v) is 4.92. The summed E-state index contributed by atoms with van der Waals surface area (Å²) in [7, 11) is 3.15. The van der Waals surface area contributed by atoms with Gasteiger partial charge >= 0.3 is 0 Å². The molecule has 1 aliphatic rings. The molecule has 116 valence electrons. The van der Waals surface area contributed by atoms with Gasteiger partial charge in [-0.25, -0.2) is 4.99 Å². The molecule has 0 unspecified atom stereocenters. The van der Waals surface area contributed by atoms with Crippen molar-refractivity contribution in [2.45, 2.75) is 0 Å². The highest BCUT2D eigenvalue weighted by molar-refractivity contribution is 6.19. The van der Waals surface area contributed by atoms with Gasteiger partial charge in [0.15, 0.2) is 11.5 Å². The highest BCUT2D eigenvalue weighted by atomic mass is 16.5. The number of hydrogen-bond acceptors (Lipinski definition) is 4. The molecule has 1 heterocycles. The van der Waals surface area contributed by atoms with Crippen molar-refractivity contribution < 1.29 is 14.3 Å². The molecule has 0 fully saturated rings. The summed E-state index contributed by atoms with van der Waals surface area (Å²) in [6, 6.07) is 15.0. The van der Waals surface area contributed by atoms with Crippen molar-refractivity contribution >= 4 is 17.8 Å². The highest BCUT2D eigenvalue weighted by Crippen LogP contribution is 2.28. The normalized spacial score (nSPS) is 15.3. The molecule has 23 heavy (non-hydrogen) atoms. The van der Waals surface area contributed by atoms with Crippen LogP contribution in [0.3, 0.4) is 0 Å². The number of amides is 1. The standard InChI is InChI=1S/C18H16N2O3/c1-22-15-9-8-12(11-16(15)23-2)10-14-18(21)20-17(19-14)13-6-4-3-5-7-13/h3-11H,1-2H3,(H,19,20,21). The fraction of sp³-hybridized carbons (Fsp3) is 0.111. The fourth-order valence-electron chi connectivity index (χ4n) is 2.30. The molecule has 0 saturated heterocycles. The molecular formula is C18H16N2O3. The van der Waals surface area contributed by atoms with Crippen molar-refractivity contribution in [3.05, 3.63) is 65.4 Å². The summed E-state index contributed by atoms with van der Waals surface area (Å²) in [5, 5.41) is 2.78. The van der Waals surface area contributed by atoms with Gasteiger partial charge in [0, 0.05) is 5.56 Å². The van der Waals surface area contributed by atoms with Gasteiger partial charge in [-0.3, -0.25) is 4.79 Å². The van der Waals surface area contributed by atoms with E-state index in [0.29, 0.717) is 23.0 Å². The van der Waals surface area contributed by atoms with E-state index in [1.165, 1.54) is 0 Å². The van der Waals surface area contributed by atoms with Gasteiger partial charge in [-0.05, 0) is 23.8 Å². The van der Waals surface area contributed by atoms with E-state index in [1.54, 1.807) is 32.4 Å². The van der Waals surface area contributed by atoms with E-state index in [9.17, 15) is 4.79 Å². The van der Waals surface area contributed by atoms with Crippen molar-refractivity contribution in [1.82, 2.24) is 5.32 Å². The van der Waals surface area contributed by atoms with E-state index >= 15 is 0 Å². The van der Waals surface area contributed by atoms with Crippen molar-refractivity contribution in [2.24, 2.45) is 4.99 Å². The molecule has 0 atom stereocenters. The minimum absolute atomic E-state index is 0.223. The quantitative estimate of drug-likeness (QED) is 0.883. The Hall–Kier alpha value is -3.08. The molecule has 0 spiro atoms. The molecule has 5 heteroatoms. The topological polar surface area (TPSA) is 59.9 Å². The molecule has 2 aromatic rings. The van der Waals surface area contributed by atoms with Crippen LogP contribution in [0.4, 0.5) is 0 Å². The van der Waals surface area contributed by atoms with E-state index in [-0.39, 0.29) is 5.91 Å². The summed E-state index contributed by atoms with van der Waals surface area (Å²) >= 11 is 0. The third-order valence-electron chi connectivity index (χ3n) is 3.46. The van der Waals surface area contributed by atoms with Crippen molar-refractivity contribution in [2.75, 3.05) is 14.2 Å². The summed E-state index contributed by atoms with van der Waals surface area (Å²) in [5.41, 5.74) is 2.04. The largest absolute Gasteiger partial charge is 0.493 e. The smallest absolute Gasteiger partial charge is 0.275 e. The average molecular weight is 308 g/mol. The zero-order valence-corrected chi connectivity index (χ0v) is 12.9. The Morgan fingerprint density at radius 3 is 2.43 bits per heavy atom. The molecule has 0 bridgehead atoms. The summed E-state index contributed by atoms with van der Waals surface area (Å²) in [4.78, 5) is 16.5. The zero-order valence-electron chi connectivity index (χ0n) is 12.9. The minimum atomic E-state index is -0.223. The number of nitrogens with one attached hydrogen (secondary N) is 1. The highest BCUT2D eigenvalue weighted by Gasteiger charge is 2.21. The summed E-state index contributed by atoms with van der Waals surface area (Å²) in [6.07, 6.45) is 1.72. The van der Waals surface area contributed by atoms with Crippen LogP contribution in [0.5, 0.6) is 11.5 Å². The number of benzene rings is 2. The lowest BCUT2D eigenvalue weighted by Crippen LogP contribution is -2.24. The van der Waals surface area contributed by atoms with Crippen molar-refractivity contribution in [3.8, 4) is 11.5 Å². The van der Waals surface area contributed by atoms with Crippen molar-refractivity contribution in [1.29, 1.82) is 0 Å². The van der Waals surface area contributed by atoms with Crippen LogP contribution in [0.25, 0.3) is 6.08 Å². The number of carbonyl (C=O) groups is 1. The van der Waals surface area contributed by atoms with Gasteiger partial charge in [0.25, 0.3) is 5.91 Å². The van der Waals surface area contributed by atoms with Gasteiger partial charge < -0.3 is 14.8 Å². The third-order valence-corrected chi connectivity index (χ3v) is 3.46. The molecule has 0 radical (unpaired) electrons. The second-order valence-electron chi connectivity index (χ2n) is 4.92. The van der Waals surface area contributed by atoms with Crippen LogP contribution in [0.1, 0.15) is 11.1 Å². The monoisotopic (exact) mass is 308 g/mol. The molecule has 1 amide bonds. The molecule has 2 aromatic carbocycles. The average Bonchev–Trinajstić information content (AvgIpc) is 2.96. The fourth-order valence-corrected chi connectivity index (χ4v) is 2.30. The maximum Gasteiger partial charge on any atom is 0.275 e. The number of methoxy groups -OCH3 is 2. The predicted octanol–water partition coefficient (Wildman–Crippen LogP) is 2.62. The maximum atomic E-state index is 12.1. The molecule has 0 saturated carbocycles. The van der Waals surface area contributed by atoms with Crippen LogP contribution >= 0.6 is 0 Å². The zero-order chi connectivity index (χ0) is 16.2. The first-order valence-corrected chi connectivity index (χ1v) is 7.10. The van der Waals surface area contributed by atoms with E-state index < -0.39 is 0 Å². The van der Waals surface area contributed by atoms with Crippen molar-refractivity contribution in [3.63, 3.8) is 0 Å². The SMILES string of the molecule is COc1ccc(C=C2N=C(c3ccccc3)NC2=O)cc1OC. The van der Waals surface area contributed by atoms with E-state index in [4.69, 9.17) is 9.47 Å². The molecule has 3 rings (SSSR count). The molecule has 0 aliphatic carbocycles. The first-order valence-electron chi connectivity index (χ1n) is 7.10. The summed E-state index contributed by atoms with van der Waals surface area (Å²) in [5.74, 6) is 1.58. The lowest BCUT2D eigenvalue weighted by atomic mass is 10.1. The lowest BCUT2D eigenvalue weighted by molar-refractivity contribution is -0.115. The number of carbonyl (C=O) groups excluding carboxylic acids is 1. The number of aliphatic imine (C=N–C) groups is 1. The van der Waals surface area contributed by atoms with E-state index in [0.717, 1.165) is 11.1 Å². The number of amidine groups is 1. The molecule has 1 aliphatic heterocycles. The van der Waals surface area contributed by atoms with Gasteiger partial charge in [0.1, 0.15) is 11.5 Å².